The number of nitrogen functional groups attached to an aromatic ring is 1. The van der Waals surface area contributed by atoms with E-state index in [1.807, 2.05) is 31.3 Å². The van der Waals surface area contributed by atoms with Gasteiger partial charge in [0.25, 0.3) is 0 Å². The smallest absolute Gasteiger partial charge is 0.416 e. The van der Waals surface area contributed by atoms with Crippen molar-refractivity contribution in [1.82, 2.24) is 4.90 Å². The molecule has 0 spiro atoms. The standard InChI is InChI=1S/C28H31F3N2O3/c1-17-13-20(28(29,30)31)6-7-21(17)27-22-16-26(25(35-4)15-19(22)9-11-33(27)2)36-12-10-18-5-8-23(32)24(14-18)34-3/h5-8,13-16,27H,9-12,32H2,1-4H3. The van der Waals surface area contributed by atoms with Gasteiger partial charge in [-0.05, 0) is 84.6 Å². The van der Waals surface area contributed by atoms with Gasteiger partial charge < -0.3 is 19.9 Å². The quantitative estimate of drug-likeness (QED) is 0.415. The first-order valence-electron chi connectivity index (χ1n) is 11.8. The van der Waals surface area contributed by atoms with Crippen molar-refractivity contribution in [2.24, 2.45) is 0 Å². The highest BCUT2D eigenvalue weighted by molar-refractivity contribution is 5.54. The van der Waals surface area contributed by atoms with Crippen molar-refractivity contribution in [3.8, 4) is 17.2 Å². The van der Waals surface area contributed by atoms with Gasteiger partial charge in [0.2, 0.25) is 0 Å². The van der Waals surface area contributed by atoms with E-state index in [4.69, 9.17) is 19.9 Å². The summed E-state index contributed by atoms with van der Waals surface area (Å²) in [7, 11) is 5.17. The lowest BCUT2D eigenvalue weighted by Gasteiger charge is -2.36. The molecule has 0 radical (unpaired) electrons. The summed E-state index contributed by atoms with van der Waals surface area (Å²) in [5.41, 5.74) is 10.4. The topological polar surface area (TPSA) is 57.0 Å². The maximum absolute atomic E-state index is 13.2. The lowest BCUT2D eigenvalue weighted by atomic mass is 9.86. The molecule has 3 aromatic rings. The molecule has 0 saturated carbocycles. The Hall–Kier alpha value is -3.39. The van der Waals surface area contributed by atoms with E-state index in [0.717, 1.165) is 41.3 Å². The van der Waals surface area contributed by atoms with Gasteiger partial charge in [-0.1, -0.05) is 12.1 Å². The van der Waals surface area contributed by atoms with Gasteiger partial charge in [0, 0.05) is 13.0 Å². The Morgan fingerprint density at radius 3 is 2.36 bits per heavy atom. The van der Waals surface area contributed by atoms with Crippen LogP contribution in [0.2, 0.25) is 0 Å². The molecule has 1 atom stereocenters. The molecule has 0 saturated heterocycles. The number of alkyl halides is 3. The number of aryl methyl sites for hydroxylation is 1. The van der Waals surface area contributed by atoms with Crippen LogP contribution < -0.4 is 19.9 Å². The van der Waals surface area contributed by atoms with E-state index in [9.17, 15) is 13.2 Å². The van der Waals surface area contributed by atoms with Crippen LogP contribution in [0.5, 0.6) is 17.2 Å². The SMILES string of the molecule is COc1cc(CCOc2cc3c(cc2OC)CCN(C)C3c2ccc(C(F)(F)F)cc2C)ccc1N. The largest absolute Gasteiger partial charge is 0.495 e. The van der Waals surface area contributed by atoms with Crippen LogP contribution in [-0.2, 0) is 19.0 Å². The van der Waals surface area contributed by atoms with Crippen molar-refractivity contribution in [1.29, 1.82) is 0 Å². The van der Waals surface area contributed by atoms with Gasteiger partial charge in [-0.2, -0.15) is 13.2 Å². The number of methoxy groups -OCH3 is 2. The van der Waals surface area contributed by atoms with Crippen LogP contribution in [0.3, 0.4) is 0 Å². The number of likely N-dealkylation sites (N-methyl/N-ethyl adjacent to an activating group) is 1. The van der Waals surface area contributed by atoms with Crippen molar-refractivity contribution in [3.05, 3.63) is 81.9 Å². The van der Waals surface area contributed by atoms with Crippen LogP contribution in [0.4, 0.5) is 18.9 Å². The van der Waals surface area contributed by atoms with E-state index in [-0.39, 0.29) is 6.04 Å². The number of anilines is 1. The molecule has 1 aliphatic heterocycles. The predicted molar refractivity (Wildman–Crippen MR) is 134 cm³/mol. The summed E-state index contributed by atoms with van der Waals surface area (Å²) in [5, 5.41) is 0. The second-order valence-electron chi connectivity index (χ2n) is 9.08. The Balaban J connectivity index is 1.63. The molecule has 1 heterocycles. The highest BCUT2D eigenvalue weighted by atomic mass is 19.4. The zero-order chi connectivity index (χ0) is 26.0. The van der Waals surface area contributed by atoms with Crippen LogP contribution >= 0.6 is 0 Å². The third-order valence-corrected chi connectivity index (χ3v) is 6.73. The molecule has 0 bridgehead atoms. The summed E-state index contributed by atoms with van der Waals surface area (Å²) in [6.07, 6.45) is -2.93. The Morgan fingerprint density at radius 2 is 1.69 bits per heavy atom. The summed E-state index contributed by atoms with van der Waals surface area (Å²) >= 11 is 0. The highest BCUT2D eigenvalue weighted by Gasteiger charge is 2.33. The number of ether oxygens (including phenoxy) is 3. The first-order valence-corrected chi connectivity index (χ1v) is 11.8. The minimum absolute atomic E-state index is 0.189. The number of rotatable bonds is 7. The van der Waals surface area contributed by atoms with E-state index >= 15 is 0 Å². The number of hydrogen-bond donors (Lipinski definition) is 1. The zero-order valence-electron chi connectivity index (χ0n) is 20.9. The lowest BCUT2D eigenvalue weighted by Crippen LogP contribution is -2.33. The molecule has 4 rings (SSSR count). The van der Waals surface area contributed by atoms with Crippen molar-refractivity contribution in [3.63, 3.8) is 0 Å². The van der Waals surface area contributed by atoms with Gasteiger partial charge in [0.05, 0.1) is 38.1 Å². The number of hydrogen-bond acceptors (Lipinski definition) is 5. The van der Waals surface area contributed by atoms with Gasteiger partial charge in [0.15, 0.2) is 11.5 Å². The summed E-state index contributed by atoms with van der Waals surface area (Å²) in [6, 6.07) is 13.4. The van der Waals surface area contributed by atoms with Crippen LogP contribution in [0, 0.1) is 6.92 Å². The zero-order valence-corrected chi connectivity index (χ0v) is 20.9. The average Bonchev–Trinajstić information content (AvgIpc) is 2.84. The summed E-state index contributed by atoms with van der Waals surface area (Å²) in [4.78, 5) is 2.16. The second kappa shape index (κ2) is 10.3. The lowest BCUT2D eigenvalue weighted by molar-refractivity contribution is -0.137. The van der Waals surface area contributed by atoms with Crippen molar-refractivity contribution < 1.29 is 27.4 Å². The van der Waals surface area contributed by atoms with E-state index in [2.05, 4.69) is 4.90 Å². The fourth-order valence-corrected chi connectivity index (χ4v) is 4.78. The van der Waals surface area contributed by atoms with Gasteiger partial charge >= 0.3 is 6.18 Å². The highest BCUT2D eigenvalue weighted by Crippen LogP contribution is 2.42. The van der Waals surface area contributed by atoms with Crippen LogP contribution in [0.1, 0.15) is 39.4 Å². The summed E-state index contributed by atoms with van der Waals surface area (Å²) < 4.78 is 56.8. The second-order valence-corrected chi connectivity index (χ2v) is 9.08. The normalized spacial score (nSPS) is 15.9. The molecule has 36 heavy (non-hydrogen) atoms. The van der Waals surface area contributed by atoms with E-state index in [1.165, 1.54) is 6.07 Å². The Labute approximate surface area is 209 Å². The van der Waals surface area contributed by atoms with E-state index in [1.54, 1.807) is 33.3 Å². The minimum Gasteiger partial charge on any atom is -0.495 e. The third-order valence-electron chi connectivity index (χ3n) is 6.73. The average molecular weight is 501 g/mol. The fourth-order valence-electron chi connectivity index (χ4n) is 4.78. The maximum atomic E-state index is 13.2. The van der Waals surface area contributed by atoms with Crippen LogP contribution in [-0.4, -0.2) is 39.3 Å². The Bertz CT molecular complexity index is 1240. The van der Waals surface area contributed by atoms with Crippen molar-refractivity contribution in [2.45, 2.75) is 32.0 Å². The third kappa shape index (κ3) is 5.23. The molecule has 8 heteroatoms. The maximum Gasteiger partial charge on any atom is 0.416 e. The summed E-state index contributed by atoms with van der Waals surface area (Å²) in [5.74, 6) is 1.86. The molecular formula is C28H31F3N2O3. The molecule has 5 nitrogen and oxygen atoms in total. The number of halogens is 3. The fraction of sp³-hybridized carbons (Fsp3) is 0.357. The number of nitrogens with two attached hydrogens (primary N) is 1. The van der Waals surface area contributed by atoms with Crippen LogP contribution in [0.25, 0.3) is 0 Å². The van der Waals surface area contributed by atoms with Crippen molar-refractivity contribution in [2.75, 3.05) is 40.2 Å². The number of fused-ring (bicyclic) bond motifs is 1. The number of nitrogens with zero attached hydrogens (tertiary/aromatic N) is 1. The Morgan fingerprint density at radius 1 is 0.944 bits per heavy atom. The first kappa shape index (κ1) is 25.7. The first-order chi connectivity index (χ1) is 17.1. The molecule has 3 aromatic carbocycles. The molecule has 1 aliphatic rings. The molecule has 0 amide bonds. The molecule has 0 fully saturated rings. The van der Waals surface area contributed by atoms with E-state index < -0.39 is 11.7 Å². The summed E-state index contributed by atoms with van der Waals surface area (Å²) in [6.45, 7) is 2.91. The van der Waals surface area contributed by atoms with Gasteiger partial charge in [0.1, 0.15) is 5.75 Å². The van der Waals surface area contributed by atoms with Gasteiger partial charge in [-0.3, -0.25) is 4.90 Å². The molecular weight excluding hydrogens is 469 g/mol. The van der Waals surface area contributed by atoms with Gasteiger partial charge in [-0.15, -0.1) is 0 Å². The van der Waals surface area contributed by atoms with Crippen molar-refractivity contribution >= 4 is 5.69 Å². The molecule has 0 aromatic heterocycles. The number of benzene rings is 3. The monoisotopic (exact) mass is 500 g/mol. The Kier molecular flexibility index (Phi) is 7.36. The van der Waals surface area contributed by atoms with Gasteiger partial charge in [-0.25, -0.2) is 0 Å². The van der Waals surface area contributed by atoms with Crippen LogP contribution in [0.15, 0.2) is 48.5 Å². The molecule has 192 valence electrons. The predicted octanol–water partition coefficient (Wildman–Crippen LogP) is 5.81. The van der Waals surface area contributed by atoms with E-state index in [0.29, 0.717) is 41.5 Å². The molecule has 2 N–H and O–H groups in total. The molecule has 1 unspecified atom stereocenters. The molecule has 0 aliphatic carbocycles. The minimum atomic E-state index is -4.37.